The van der Waals surface area contributed by atoms with Gasteiger partial charge in [0.1, 0.15) is 0 Å². The lowest BCUT2D eigenvalue weighted by Crippen LogP contribution is -2.00. The van der Waals surface area contributed by atoms with Crippen LogP contribution in [0.15, 0.2) is 30.5 Å². The molecule has 0 atom stereocenters. The average molecular weight is 213 g/mol. The van der Waals surface area contributed by atoms with Gasteiger partial charge in [-0.1, -0.05) is 18.2 Å². The Labute approximate surface area is 95.6 Å². The zero-order valence-electron chi connectivity index (χ0n) is 9.78. The van der Waals surface area contributed by atoms with Gasteiger partial charge >= 0.3 is 0 Å². The minimum Gasteiger partial charge on any atom is -0.324 e. The fraction of sp³-hybridized carbons (Fsp3) is 0.231. The van der Waals surface area contributed by atoms with Gasteiger partial charge in [-0.3, -0.25) is 0 Å². The van der Waals surface area contributed by atoms with E-state index in [0.29, 0.717) is 5.95 Å². The Balaban J connectivity index is 2.28. The van der Waals surface area contributed by atoms with Crippen molar-refractivity contribution < 1.29 is 0 Å². The lowest BCUT2D eigenvalue weighted by Gasteiger charge is -2.08. The third-order valence-corrected chi connectivity index (χ3v) is 2.62. The van der Waals surface area contributed by atoms with Gasteiger partial charge in [0.15, 0.2) is 0 Å². The molecular formula is C13H15N3. The lowest BCUT2D eigenvalue weighted by molar-refractivity contribution is 1.07. The Hall–Kier alpha value is -1.90. The molecule has 0 aliphatic rings. The van der Waals surface area contributed by atoms with Crippen molar-refractivity contribution in [2.45, 2.75) is 20.8 Å². The van der Waals surface area contributed by atoms with Crippen LogP contribution < -0.4 is 5.32 Å². The monoisotopic (exact) mass is 213 g/mol. The van der Waals surface area contributed by atoms with Crippen molar-refractivity contribution in [3.8, 4) is 0 Å². The Kier molecular flexibility index (Phi) is 2.86. The van der Waals surface area contributed by atoms with Crippen molar-refractivity contribution in [1.29, 1.82) is 0 Å². The number of anilines is 2. The summed E-state index contributed by atoms with van der Waals surface area (Å²) in [7, 11) is 0. The molecule has 0 fully saturated rings. The van der Waals surface area contributed by atoms with Gasteiger partial charge < -0.3 is 5.32 Å². The quantitative estimate of drug-likeness (QED) is 0.832. The van der Waals surface area contributed by atoms with Crippen LogP contribution in [-0.4, -0.2) is 9.97 Å². The summed E-state index contributed by atoms with van der Waals surface area (Å²) in [6, 6.07) is 8.09. The predicted octanol–water partition coefficient (Wildman–Crippen LogP) is 3.15. The Morgan fingerprint density at radius 2 is 1.75 bits per heavy atom. The molecule has 0 saturated heterocycles. The van der Waals surface area contributed by atoms with E-state index in [1.165, 1.54) is 5.56 Å². The molecule has 0 aliphatic carbocycles. The van der Waals surface area contributed by atoms with E-state index < -0.39 is 0 Å². The van der Waals surface area contributed by atoms with Gasteiger partial charge in [0.2, 0.25) is 5.95 Å². The highest BCUT2D eigenvalue weighted by Crippen LogP contribution is 2.17. The largest absolute Gasteiger partial charge is 0.324 e. The smallest absolute Gasteiger partial charge is 0.227 e. The molecule has 0 unspecified atom stereocenters. The van der Waals surface area contributed by atoms with Crippen LogP contribution in [0.2, 0.25) is 0 Å². The van der Waals surface area contributed by atoms with E-state index in [1.54, 1.807) is 0 Å². The predicted molar refractivity (Wildman–Crippen MR) is 66.0 cm³/mol. The molecule has 2 aromatic rings. The van der Waals surface area contributed by atoms with Crippen molar-refractivity contribution in [2.24, 2.45) is 0 Å². The number of rotatable bonds is 2. The van der Waals surface area contributed by atoms with Gasteiger partial charge in [-0.25, -0.2) is 9.97 Å². The molecule has 16 heavy (non-hydrogen) atoms. The number of benzene rings is 1. The van der Waals surface area contributed by atoms with Crippen molar-refractivity contribution >= 4 is 11.6 Å². The maximum Gasteiger partial charge on any atom is 0.227 e. The average Bonchev–Trinajstić information content (AvgIpc) is 2.27. The van der Waals surface area contributed by atoms with Crippen molar-refractivity contribution in [1.82, 2.24) is 9.97 Å². The molecule has 0 aliphatic heterocycles. The SMILES string of the molecule is Cc1ccccc1Nc1ncc(C)c(C)n1. The summed E-state index contributed by atoms with van der Waals surface area (Å²) in [5.41, 5.74) is 4.34. The minimum atomic E-state index is 0.650. The first-order valence-electron chi connectivity index (χ1n) is 5.30. The first-order valence-corrected chi connectivity index (χ1v) is 5.30. The maximum atomic E-state index is 4.39. The Bertz CT molecular complexity index is 506. The van der Waals surface area contributed by atoms with Crippen molar-refractivity contribution in [2.75, 3.05) is 5.32 Å². The third-order valence-electron chi connectivity index (χ3n) is 2.62. The Morgan fingerprint density at radius 3 is 2.44 bits per heavy atom. The van der Waals surface area contributed by atoms with Gasteiger partial charge in [-0.15, -0.1) is 0 Å². The Morgan fingerprint density at radius 1 is 1.00 bits per heavy atom. The molecule has 0 amide bonds. The second kappa shape index (κ2) is 4.31. The zero-order valence-corrected chi connectivity index (χ0v) is 9.78. The van der Waals surface area contributed by atoms with E-state index in [9.17, 15) is 0 Å². The molecular weight excluding hydrogens is 198 g/mol. The zero-order chi connectivity index (χ0) is 11.5. The molecule has 1 aromatic carbocycles. The topological polar surface area (TPSA) is 37.8 Å². The molecule has 3 nitrogen and oxygen atoms in total. The van der Waals surface area contributed by atoms with Crippen LogP contribution in [0, 0.1) is 20.8 Å². The van der Waals surface area contributed by atoms with Crippen LogP contribution >= 0.6 is 0 Å². The third kappa shape index (κ3) is 2.19. The van der Waals surface area contributed by atoms with Crippen LogP contribution in [0.4, 0.5) is 11.6 Å². The molecule has 1 N–H and O–H groups in total. The van der Waals surface area contributed by atoms with Crippen molar-refractivity contribution in [3.63, 3.8) is 0 Å². The van der Waals surface area contributed by atoms with Crippen LogP contribution in [0.3, 0.4) is 0 Å². The summed E-state index contributed by atoms with van der Waals surface area (Å²) in [5.74, 6) is 0.650. The minimum absolute atomic E-state index is 0.650. The first kappa shape index (κ1) is 10.6. The summed E-state index contributed by atoms with van der Waals surface area (Å²) < 4.78 is 0. The molecule has 3 heteroatoms. The van der Waals surface area contributed by atoms with Gasteiger partial charge in [0, 0.05) is 17.6 Å². The summed E-state index contributed by atoms with van der Waals surface area (Å²) in [5, 5.41) is 3.22. The highest BCUT2D eigenvalue weighted by atomic mass is 15.1. The van der Waals surface area contributed by atoms with Gasteiger partial charge in [-0.05, 0) is 38.0 Å². The number of aryl methyl sites for hydroxylation is 3. The van der Waals surface area contributed by atoms with E-state index in [4.69, 9.17) is 0 Å². The molecule has 0 spiro atoms. The van der Waals surface area contributed by atoms with Crippen LogP contribution in [0.5, 0.6) is 0 Å². The number of nitrogens with zero attached hydrogens (tertiary/aromatic N) is 2. The van der Waals surface area contributed by atoms with E-state index >= 15 is 0 Å². The van der Waals surface area contributed by atoms with Gasteiger partial charge in [0.05, 0.1) is 0 Å². The van der Waals surface area contributed by atoms with E-state index in [0.717, 1.165) is 16.9 Å². The molecule has 0 bridgehead atoms. The standard InChI is InChI=1S/C13H15N3/c1-9-6-4-5-7-12(9)16-13-14-8-10(2)11(3)15-13/h4-8H,1-3H3,(H,14,15,16). The fourth-order valence-corrected chi connectivity index (χ4v) is 1.42. The van der Waals surface area contributed by atoms with Crippen LogP contribution in [0.1, 0.15) is 16.8 Å². The van der Waals surface area contributed by atoms with Crippen molar-refractivity contribution in [3.05, 3.63) is 47.3 Å². The summed E-state index contributed by atoms with van der Waals surface area (Å²) >= 11 is 0. The molecule has 1 heterocycles. The molecule has 0 radical (unpaired) electrons. The van der Waals surface area contributed by atoms with Crippen LogP contribution in [0.25, 0.3) is 0 Å². The normalized spacial score (nSPS) is 10.2. The molecule has 1 aromatic heterocycles. The highest BCUT2D eigenvalue weighted by Gasteiger charge is 2.01. The number of hydrogen-bond donors (Lipinski definition) is 1. The highest BCUT2D eigenvalue weighted by molar-refractivity contribution is 5.57. The first-order chi connectivity index (χ1) is 7.66. The second-order valence-corrected chi connectivity index (χ2v) is 3.90. The number of aromatic nitrogens is 2. The maximum absolute atomic E-state index is 4.39. The fourth-order valence-electron chi connectivity index (χ4n) is 1.42. The van der Waals surface area contributed by atoms with E-state index in [2.05, 4.69) is 28.3 Å². The van der Waals surface area contributed by atoms with Gasteiger partial charge in [-0.2, -0.15) is 0 Å². The lowest BCUT2D eigenvalue weighted by atomic mass is 10.2. The molecule has 82 valence electrons. The second-order valence-electron chi connectivity index (χ2n) is 3.90. The van der Waals surface area contributed by atoms with E-state index in [-0.39, 0.29) is 0 Å². The summed E-state index contributed by atoms with van der Waals surface area (Å²) in [6.45, 7) is 6.05. The summed E-state index contributed by atoms with van der Waals surface area (Å²) in [6.07, 6.45) is 1.84. The number of hydrogen-bond acceptors (Lipinski definition) is 3. The van der Waals surface area contributed by atoms with E-state index in [1.807, 2.05) is 38.2 Å². The number of para-hydroxylation sites is 1. The molecule has 2 rings (SSSR count). The summed E-state index contributed by atoms with van der Waals surface area (Å²) in [4.78, 5) is 8.64. The molecule has 0 saturated carbocycles. The van der Waals surface area contributed by atoms with Crippen LogP contribution in [-0.2, 0) is 0 Å². The van der Waals surface area contributed by atoms with Gasteiger partial charge in [0.25, 0.3) is 0 Å². The number of nitrogens with one attached hydrogen (secondary N) is 1.